The monoisotopic (exact) mass is 385 g/mol. The molecule has 0 atom stereocenters. The number of carbonyl (C=O) groups excluding carboxylic acids is 1. The first kappa shape index (κ1) is 18.2. The van der Waals surface area contributed by atoms with Gasteiger partial charge in [-0.25, -0.2) is 5.43 Å². The van der Waals surface area contributed by atoms with Crippen molar-refractivity contribution in [2.24, 2.45) is 12.1 Å². The molecule has 0 bridgehead atoms. The highest BCUT2D eigenvalue weighted by Gasteiger charge is 2.06. The molecule has 132 valence electrons. The van der Waals surface area contributed by atoms with Gasteiger partial charge in [-0.2, -0.15) is 5.10 Å². The first-order valence-corrected chi connectivity index (χ1v) is 9.13. The summed E-state index contributed by atoms with van der Waals surface area (Å²) in [5, 5.41) is 13.2. The zero-order valence-corrected chi connectivity index (χ0v) is 15.5. The Hall–Kier alpha value is -2.64. The molecule has 1 amide bonds. The summed E-state index contributed by atoms with van der Waals surface area (Å²) in [4.78, 5) is 12.1. The van der Waals surface area contributed by atoms with Gasteiger partial charge in [0.2, 0.25) is 0 Å². The van der Waals surface area contributed by atoms with Crippen LogP contribution in [0.15, 0.2) is 65.1 Å². The predicted octanol–water partition coefficient (Wildman–Crippen LogP) is 3.52. The Kier molecular flexibility index (Phi) is 6.04. The second-order valence-electron chi connectivity index (χ2n) is 5.43. The average Bonchev–Trinajstić information content (AvgIpc) is 3.07. The third kappa shape index (κ3) is 4.71. The summed E-state index contributed by atoms with van der Waals surface area (Å²) in [7, 11) is 1.90. The van der Waals surface area contributed by atoms with Crippen LogP contribution in [-0.2, 0) is 12.8 Å². The topological polar surface area (TPSA) is 72.2 Å². The fourth-order valence-electron chi connectivity index (χ4n) is 2.11. The van der Waals surface area contributed by atoms with Gasteiger partial charge in [-0.1, -0.05) is 53.7 Å². The lowest BCUT2D eigenvalue weighted by atomic mass is 10.1. The first-order valence-electron chi connectivity index (χ1n) is 7.77. The molecule has 1 N–H and O–H groups in total. The number of aryl methyl sites for hydroxylation is 1. The van der Waals surface area contributed by atoms with Crippen LogP contribution in [0.3, 0.4) is 0 Å². The molecule has 2 aromatic carbocycles. The zero-order valence-electron chi connectivity index (χ0n) is 14.0. The molecule has 0 aliphatic heterocycles. The van der Waals surface area contributed by atoms with Gasteiger partial charge >= 0.3 is 0 Å². The van der Waals surface area contributed by atoms with Gasteiger partial charge in [-0.3, -0.25) is 4.79 Å². The molecule has 0 fully saturated rings. The van der Waals surface area contributed by atoms with Crippen molar-refractivity contribution in [2.45, 2.75) is 10.9 Å². The third-order valence-corrected chi connectivity index (χ3v) is 4.98. The minimum absolute atomic E-state index is 0.277. The van der Waals surface area contributed by atoms with Crippen molar-refractivity contribution >= 4 is 35.5 Å². The van der Waals surface area contributed by atoms with Crippen molar-refractivity contribution in [1.29, 1.82) is 0 Å². The van der Waals surface area contributed by atoms with E-state index in [4.69, 9.17) is 11.6 Å². The van der Waals surface area contributed by atoms with Crippen molar-refractivity contribution in [3.8, 4) is 0 Å². The van der Waals surface area contributed by atoms with Crippen LogP contribution >= 0.6 is 23.4 Å². The molecule has 0 aliphatic rings. The van der Waals surface area contributed by atoms with Crippen molar-refractivity contribution in [1.82, 2.24) is 20.2 Å². The van der Waals surface area contributed by atoms with Crippen LogP contribution in [0.5, 0.6) is 0 Å². The highest BCUT2D eigenvalue weighted by atomic mass is 35.5. The molecule has 0 aliphatic carbocycles. The molecule has 0 unspecified atom stereocenters. The number of halogens is 1. The average molecular weight is 386 g/mol. The van der Waals surface area contributed by atoms with Crippen LogP contribution in [0.25, 0.3) is 0 Å². The SMILES string of the molecule is Cn1cnnc1SCc1ccc(C(=O)N/N=C\c2ccccc2Cl)cc1. The molecule has 1 heterocycles. The van der Waals surface area contributed by atoms with Crippen LogP contribution in [0.1, 0.15) is 21.5 Å². The zero-order chi connectivity index (χ0) is 18.4. The molecule has 8 heteroatoms. The molecule has 3 aromatic rings. The van der Waals surface area contributed by atoms with Crippen molar-refractivity contribution in [3.05, 3.63) is 76.6 Å². The van der Waals surface area contributed by atoms with Gasteiger partial charge in [0.25, 0.3) is 5.91 Å². The summed E-state index contributed by atoms with van der Waals surface area (Å²) in [5.74, 6) is 0.472. The van der Waals surface area contributed by atoms with Gasteiger partial charge < -0.3 is 4.57 Å². The molecule has 0 radical (unpaired) electrons. The molecule has 1 aromatic heterocycles. The number of rotatable bonds is 6. The Bertz CT molecular complexity index is 923. The van der Waals surface area contributed by atoms with Gasteiger partial charge in [-0.05, 0) is 23.8 Å². The lowest BCUT2D eigenvalue weighted by Gasteiger charge is -2.04. The molecule has 3 rings (SSSR count). The van der Waals surface area contributed by atoms with Gasteiger partial charge in [-0.15, -0.1) is 10.2 Å². The smallest absolute Gasteiger partial charge is 0.271 e. The van der Waals surface area contributed by atoms with Crippen LogP contribution in [0.2, 0.25) is 5.02 Å². The number of nitrogens with zero attached hydrogens (tertiary/aromatic N) is 4. The summed E-state index contributed by atoms with van der Waals surface area (Å²) in [5.41, 5.74) is 4.87. The molecule has 0 spiro atoms. The number of thioether (sulfide) groups is 1. The number of hydrogen-bond acceptors (Lipinski definition) is 5. The molecule has 0 saturated heterocycles. The van der Waals surface area contributed by atoms with Gasteiger partial charge in [0.05, 0.1) is 6.21 Å². The summed E-state index contributed by atoms with van der Waals surface area (Å²) >= 11 is 7.62. The molecular weight excluding hydrogens is 370 g/mol. The summed E-state index contributed by atoms with van der Waals surface area (Å²) in [6, 6.07) is 14.6. The Balaban J connectivity index is 1.55. The largest absolute Gasteiger partial charge is 0.312 e. The maximum atomic E-state index is 12.1. The third-order valence-electron chi connectivity index (χ3n) is 3.53. The van der Waals surface area contributed by atoms with Gasteiger partial charge in [0.1, 0.15) is 6.33 Å². The van der Waals surface area contributed by atoms with Crippen LogP contribution in [-0.4, -0.2) is 26.9 Å². The Labute approximate surface area is 160 Å². The number of hydrazone groups is 1. The highest BCUT2D eigenvalue weighted by Crippen LogP contribution is 2.20. The Morgan fingerprint density at radius 2 is 2.04 bits per heavy atom. The summed E-state index contributed by atoms with van der Waals surface area (Å²) < 4.78 is 1.86. The molecule has 0 saturated carbocycles. The minimum Gasteiger partial charge on any atom is -0.312 e. The van der Waals surface area contributed by atoms with E-state index >= 15 is 0 Å². The summed E-state index contributed by atoms with van der Waals surface area (Å²) in [6.07, 6.45) is 3.19. The molecule has 26 heavy (non-hydrogen) atoms. The number of aromatic nitrogens is 3. The standard InChI is InChI=1S/C18H16ClN5OS/c1-24-12-21-23-18(24)26-11-13-6-8-14(9-7-13)17(25)22-20-10-15-4-2-3-5-16(15)19/h2-10,12H,11H2,1H3,(H,22,25)/b20-10-. The van der Waals surface area contributed by atoms with Gasteiger partial charge in [0.15, 0.2) is 5.16 Å². The van der Waals surface area contributed by atoms with Crippen LogP contribution in [0, 0.1) is 0 Å². The first-order chi connectivity index (χ1) is 12.6. The minimum atomic E-state index is -0.277. The van der Waals surface area contributed by atoms with E-state index in [2.05, 4.69) is 20.7 Å². The second-order valence-corrected chi connectivity index (χ2v) is 6.78. The number of hydrogen-bond donors (Lipinski definition) is 1. The van der Waals surface area contributed by atoms with Crippen molar-refractivity contribution < 1.29 is 4.79 Å². The number of benzene rings is 2. The highest BCUT2D eigenvalue weighted by molar-refractivity contribution is 7.98. The van der Waals surface area contributed by atoms with E-state index in [0.29, 0.717) is 10.6 Å². The van der Waals surface area contributed by atoms with E-state index < -0.39 is 0 Å². The lowest BCUT2D eigenvalue weighted by Crippen LogP contribution is -2.17. The lowest BCUT2D eigenvalue weighted by molar-refractivity contribution is 0.0955. The van der Waals surface area contributed by atoms with E-state index in [1.165, 1.54) is 6.21 Å². The number of carbonyl (C=O) groups is 1. The van der Waals surface area contributed by atoms with E-state index in [9.17, 15) is 4.79 Å². The number of amides is 1. The Morgan fingerprint density at radius 1 is 1.27 bits per heavy atom. The molecular formula is C18H16ClN5OS. The second kappa shape index (κ2) is 8.64. The fraction of sp³-hybridized carbons (Fsp3) is 0.111. The quantitative estimate of drug-likeness (QED) is 0.400. The summed E-state index contributed by atoms with van der Waals surface area (Å²) in [6.45, 7) is 0. The van der Waals surface area contributed by atoms with Crippen molar-refractivity contribution in [3.63, 3.8) is 0 Å². The van der Waals surface area contributed by atoms with E-state index in [1.807, 2.05) is 41.9 Å². The van der Waals surface area contributed by atoms with E-state index in [-0.39, 0.29) is 5.91 Å². The van der Waals surface area contributed by atoms with E-state index in [0.717, 1.165) is 22.0 Å². The van der Waals surface area contributed by atoms with Gasteiger partial charge in [0, 0.05) is 29.0 Å². The van der Waals surface area contributed by atoms with Crippen molar-refractivity contribution in [2.75, 3.05) is 0 Å². The predicted molar refractivity (Wildman–Crippen MR) is 104 cm³/mol. The maximum Gasteiger partial charge on any atom is 0.271 e. The maximum absolute atomic E-state index is 12.1. The fourth-order valence-corrected chi connectivity index (χ4v) is 3.14. The Morgan fingerprint density at radius 3 is 2.73 bits per heavy atom. The number of nitrogens with one attached hydrogen (secondary N) is 1. The van der Waals surface area contributed by atoms with E-state index in [1.54, 1.807) is 36.3 Å². The normalized spacial score (nSPS) is 11.0. The van der Waals surface area contributed by atoms with Crippen LogP contribution in [0.4, 0.5) is 0 Å². The van der Waals surface area contributed by atoms with Crippen LogP contribution < -0.4 is 5.43 Å². The molecule has 6 nitrogen and oxygen atoms in total.